The molecular formula is C17H22N2O5S. The third kappa shape index (κ3) is 3.22. The normalized spacial score (nSPS) is 25.7. The highest BCUT2D eigenvalue weighted by Gasteiger charge is 2.55. The Labute approximate surface area is 147 Å². The molecule has 0 radical (unpaired) electrons. The number of nitrogens with one attached hydrogen (secondary N) is 1. The molecule has 1 aliphatic carbocycles. The van der Waals surface area contributed by atoms with E-state index in [1.807, 2.05) is 6.92 Å². The van der Waals surface area contributed by atoms with E-state index in [0.29, 0.717) is 13.0 Å². The predicted molar refractivity (Wildman–Crippen MR) is 93.0 cm³/mol. The third-order valence-corrected chi connectivity index (χ3v) is 5.88. The summed E-state index contributed by atoms with van der Waals surface area (Å²) in [5, 5.41) is 9.67. The number of carboxylic acids is 1. The molecule has 1 heterocycles. The highest BCUT2D eigenvalue weighted by atomic mass is 32.2. The van der Waals surface area contributed by atoms with E-state index in [9.17, 15) is 23.1 Å². The Bertz CT molecular complexity index is 835. The Morgan fingerprint density at radius 1 is 1.36 bits per heavy atom. The van der Waals surface area contributed by atoms with Crippen molar-refractivity contribution in [1.29, 1.82) is 0 Å². The lowest BCUT2D eigenvalue weighted by Gasteiger charge is -2.24. The number of aliphatic carboxylic acids is 1. The first kappa shape index (κ1) is 17.7. The Hall–Kier alpha value is -2.09. The number of fused-ring (bicyclic) bond motifs is 1. The molecule has 1 aliphatic heterocycles. The molecule has 1 amide bonds. The van der Waals surface area contributed by atoms with Gasteiger partial charge in [-0.05, 0) is 37.8 Å². The number of likely N-dealkylation sites (tertiary alicyclic amines) is 1. The van der Waals surface area contributed by atoms with Gasteiger partial charge in [-0.25, -0.2) is 8.42 Å². The summed E-state index contributed by atoms with van der Waals surface area (Å²) < 4.78 is 25.5. The van der Waals surface area contributed by atoms with Crippen molar-refractivity contribution < 1.29 is 23.1 Å². The van der Waals surface area contributed by atoms with Crippen LogP contribution in [0.15, 0.2) is 18.2 Å². The van der Waals surface area contributed by atoms with Crippen LogP contribution in [0.3, 0.4) is 0 Å². The highest BCUT2D eigenvalue weighted by molar-refractivity contribution is 7.92. The second-order valence-electron chi connectivity index (χ2n) is 7.16. The molecule has 2 atom stereocenters. The van der Waals surface area contributed by atoms with Crippen molar-refractivity contribution in [2.45, 2.75) is 26.2 Å². The van der Waals surface area contributed by atoms with Crippen molar-refractivity contribution in [3.63, 3.8) is 0 Å². The predicted octanol–water partition coefficient (Wildman–Crippen LogP) is 1.69. The number of carbonyl (C=O) groups is 2. The van der Waals surface area contributed by atoms with Crippen molar-refractivity contribution in [1.82, 2.24) is 4.90 Å². The van der Waals surface area contributed by atoms with Crippen LogP contribution in [0.2, 0.25) is 0 Å². The molecule has 8 heteroatoms. The molecule has 3 rings (SSSR count). The smallest absolute Gasteiger partial charge is 0.311 e. The first-order valence-electron chi connectivity index (χ1n) is 8.23. The molecule has 2 N–H and O–H groups in total. The van der Waals surface area contributed by atoms with Crippen molar-refractivity contribution >= 4 is 27.6 Å². The fourth-order valence-corrected chi connectivity index (χ4v) is 4.67. The molecule has 2 fully saturated rings. The van der Waals surface area contributed by atoms with E-state index in [1.54, 1.807) is 23.1 Å². The number of carbonyl (C=O) groups excluding carboxylic acids is 1. The number of benzene rings is 1. The number of hydrogen-bond acceptors (Lipinski definition) is 4. The lowest BCUT2D eigenvalue weighted by Crippen LogP contribution is -2.37. The molecule has 136 valence electrons. The maximum atomic E-state index is 13.0. The maximum Gasteiger partial charge on any atom is 0.311 e. The third-order valence-electron chi connectivity index (χ3n) is 5.28. The van der Waals surface area contributed by atoms with Gasteiger partial charge in [0.05, 0.1) is 22.9 Å². The zero-order valence-electron chi connectivity index (χ0n) is 14.3. The highest BCUT2D eigenvalue weighted by Crippen LogP contribution is 2.49. The van der Waals surface area contributed by atoms with Gasteiger partial charge in [-0.3, -0.25) is 14.3 Å². The quantitative estimate of drug-likeness (QED) is 0.844. The number of rotatable bonds is 4. The van der Waals surface area contributed by atoms with Crippen LogP contribution in [0, 0.1) is 18.3 Å². The average molecular weight is 366 g/mol. The van der Waals surface area contributed by atoms with E-state index in [0.717, 1.165) is 24.7 Å². The van der Waals surface area contributed by atoms with Gasteiger partial charge in [0, 0.05) is 13.1 Å². The summed E-state index contributed by atoms with van der Waals surface area (Å²) in [4.78, 5) is 26.3. The van der Waals surface area contributed by atoms with E-state index < -0.39 is 21.4 Å². The van der Waals surface area contributed by atoms with Crippen molar-refractivity contribution in [2.24, 2.45) is 11.3 Å². The summed E-state index contributed by atoms with van der Waals surface area (Å²) in [7, 11) is -3.52. The zero-order chi connectivity index (χ0) is 18.4. The summed E-state index contributed by atoms with van der Waals surface area (Å²) in [5.41, 5.74) is 0.449. The molecule has 1 aromatic carbocycles. The van der Waals surface area contributed by atoms with Crippen molar-refractivity contribution in [3.05, 3.63) is 29.3 Å². The van der Waals surface area contributed by atoms with Gasteiger partial charge < -0.3 is 10.0 Å². The van der Waals surface area contributed by atoms with Gasteiger partial charge in [0.2, 0.25) is 10.0 Å². The van der Waals surface area contributed by atoms with E-state index in [1.165, 1.54) is 0 Å². The molecule has 0 unspecified atom stereocenters. The van der Waals surface area contributed by atoms with Crippen LogP contribution in [0.25, 0.3) is 0 Å². The average Bonchev–Trinajstić information content (AvgIpc) is 3.05. The molecule has 1 saturated carbocycles. The van der Waals surface area contributed by atoms with Gasteiger partial charge in [-0.2, -0.15) is 0 Å². The van der Waals surface area contributed by atoms with E-state index in [-0.39, 0.29) is 29.6 Å². The molecule has 7 nitrogen and oxygen atoms in total. The summed E-state index contributed by atoms with van der Waals surface area (Å²) in [6.45, 7) is 2.40. The molecule has 0 bridgehead atoms. The minimum Gasteiger partial charge on any atom is -0.481 e. The second kappa shape index (κ2) is 6.01. The monoisotopic (exact) mass is 366 g/mol. The second-order valence-corrected chi connectivity index (χ2v) is 8.91. The first-order chi connectivity index (χ1) is 11.6. The maximum absolute atomic E-state index is 13.0. The van der Waals surface area contributed by atoms with Crippen LogP contribution in [-0.2, 0) is 14.8 Å². The number of anilines is 1. The number of sulfonamides is 1. The SMILES string of the molecule is Cc1ccc(NS(C)(=O)=O)c(C(=O)N2C[C@@H]3CCC[C@@]3(C(=O)O)C2)c1. The van der Waals surface area contributed by atoms with E-state index in [2.05, 4.69) is 4.72 Å². The number of amides is 1. The van der Waals surface area contributed by atoms with Crippen LogP contribution >= 0.6 is 0 Å². The number of carboxylic acid groups (broad SMARTS) is 1. The molecule has 1 aromatic rings. The number of aryl methyl sites for hydroxylation is 1. The summed E-state index contributed by atoms with van der Waals surface area (Å²) in [6.07, 6.45) is 3.28. The minimum atomic E-state index is -3.52. The number of nitrogens with zero attached hydrogens (tertiary/aromatic N) is 1. The molecule has 0 spiro atoms. The standard InChI is InChI=1S/C17H22N2O5S/c1-11-5-6-14(18-25(2,23)24)13(8-11)15(20)19-9-12-4-3-7-17(12,10-19)16(21)22/h5-6,8,12,18H,3-4,7,9-10H2,1-2H3,(H,21,22)/t12-,17+/m0/s1. The fourth-order valence-electron chi connectivity index (χ4n) is 4.09. The Morgan fingerprint density at radius 3 is 2.68 bits per heavy atom. The van der Waals surface area contributed by atoms with Crippen LogP contribution in [-0.4, -0.2) is 49.6 Å². The first-order valence-corrected chi connectivity index (χ1v) is 10.1. The zero-order valence-corrected chi connectivity index (χ0v) is 15.1. The van der Waals surface area contributed by atoms with E-state index >= 15 is 0 Å². The minimum absolute atomic E-state index is 0.0370. The molecule has 0 aromatic heterocycles. The van der Waals surface area contributed by atoms with Gasteiger partial charge in [-0.15, -0.1) is 0 Å². The lowest BCUT2D eigenvalue weighted by molar-refractivity contribution is -0.149. The summed E-state index contributed by atoms with van der Waals surface area (Å²) in [5.74, 6) is -1.21. The molecule has 25 heavy (non-hydrogen) atoms. The van der Waals surface area contributed by atoms with Gasteiger partial charge in [0.1, 0.15) is 0 Å². The fraction of sp³-hybridized carbons (Fsp3) is 0.529. The molecular weight excluding hydrogens is 344 g/mol. The van der Waals surface area contributed by atoms with Crippen LogP contribution in [0.1, 0.15) is 35.2 Å². The Morgan fingerprint density at radius 2 is 2.08 bits per heavy atom. The Kier molecular flexibility index (Phi) is 4.26. The molecule has 1 saturated heterocycles. The Balaban J connectivity index is 1.92. The topological polar surface area (TPSA) is 104 Å². The number of hydrogen-bond donors (Lipinski definition) is 2. The van der Waals surface area contributed by atoms with Crippen molar-refractivity contribution in [3.8, 4) is 0 Å². The summed E-state index contributed by atoms with van der Waals surface area (Å²) >= 11 is 0. The largest absolute Gasteiger partial charge is 0.481 e. The lowest BCUT2D eigenvalue weighted by atomic mass is 9.81. The van der Waals surface area contributed by atoms with Gasteiger partial charge in [0.25, 0.3) is 5.91 Å². The molecule has 2 aliphatic rings. The van der Waals surface area contributed by atoms with Crippen LogP contribution in [0.5, 0.6) is 0 Å². The van der Waals surface area contributed by atoms with Crippen LogP contribution in [0.4, 0.5) is 5.69 Å². The van der Waals surface area contributed by atoms with Crippen LogP contribution < -0.4 is 4.72 Å². The van der Waals surface area contributed by atoms with Gasteiger partial charge >= 0.3 is 5.97 Å². The van der Waals surface area contributed by atoms with E-state index in [4.69, 9.17) is 0 Å². The van der Waals surface area contributed by atoms with Gasteiger partial charge in [0.15, 0.2) is 0 Å². The summed E-state index contributed by atoms with van der Waals surface area (Å²) in [6, 6.07) is 4.92. The van der Waals surface area contributed by atoms with Gasteiger partial charge in [-0.1, -0.05) is 18.1 Å². The van der Waals surface area contributed by atoms with Crippen molar-refractivity contribution in [2.75, 3.05) is 24.1 Å².